The van der Waals surface area contributed by atoms with Gasteiger partial charge in [-0.1, -0.05) is 5.16 Å². The lowest BCUT2D eigenvalue weighted by Gasteiger charge is -2.15. The van der Waals surface area contributed by atoms with Gasteiger partial charge in [0.25, 0.3) is 5.91 Å². The molecule has 6 heteroatoms. The molecule has 0 aliphatic carbocycles. The third kappa shape index (κ3) is 2.20. The predicted molar refractivity (Wildman–Crippen MR) is 61.7 cm³/mol. The van der Waals surface area contributed by atoms with E-state index < -0.39 is 0 Å². The van der Waals surface area contributed by atoms with Crippen molar-refractivity contribution in [2.45, 2.75) is 26.3 Å². The van der Waals surface area contributed by atoms with Crippen LogP contribution in [0.3, 0.4) is 0 Å². The van der Waals surface area contributed by atoms with Crippen LogP contribution in [-0.2, 0) is 0 Å². The first-order chi connectivity index (χ1) is 7.09. The predicted octanol–water partition coefficient (Wildman–Crippen LogP) is 0.886. The number of halogens is 1. The molecule has 2 rings (SSSR count). The minimum absolute atomic E-state index is 0. The highest BCUT2D eigenvalue weighted by Gasteiger charge is 2.28. The molecule has 1 fully saturated rings. The molecule has 1 aromatic rings. The van der Waals surface area contributed by atoms with Crippen LogP contribution >= 0.6 is 12.4 Å². The van der Waals surface area contributed by atoms with Crippen LogP contribution in [0.5, 0.6) is 0 Å². The van der Waals surface area contributed by atoms with Crippen molar-refractivity contribution in [3.63, 3.8) is 0 Å². The summed E-state index contributed by atoms with van der Waals surface area (Å²) in [6, 6.07) is 0.106. The number of aromatic nitrogens is 1. The molecule has 1 unspecified atom stereocenters. The Morgan fingerprint density at radius 3 is 2.69 bits per heavy atom. The quantitative estimate of drug-likeness (QED) is 0.798. The summed E-state index contributed by atoms with van der Waals surface area (Å²) >= 11 is 0. The van der Waals surface area contributed by atoms with Crippen molar-refractivity contribution in [1.82, 2.24) is 10.1 Å². The van der Waals surface area contributed by atoms with Gasteiger partial charge in [0.2, 0.25) is 0 Å². The van der Waals surface area contributed by atoms with E-state index in [9.17, 15) is 4.79 Å². The number of nitrogens with two attached hydrogens (primary N) is 1. The maximum absolute atomic E-state index is 12.1. The minimum Gasteiger partial charge on any atom is -0.361 e. The zero-order valence-corrected chi connectivity index (χ0v) is 10.2. The molecule has 2 N–H and O–H groups in total. The van der Waals surface area contributed by atoms with Crippen LogP contribution in [-0.4, -0.2) is 35.1 Å². The van der Waals surface area contributed by atoms with Gasteiger partial charge in [0.1, 0.15) is 11.3 Å². The van der Waals surface area contributed by atoms with Crippen molar-refractivity contribution in [2.24, 2.45) is 5.73 Å². The summed E-state index contributed by atoms with van der Waals surface area (Å²) in [4.78, 5) is 13.8. The van der Waals surface area contributed by atoms with Crippen molar-refractivity contribution >= 4 is 18.3 Å². The standard InChI is InChI=1S/C10H15N3O2.ClH/c1-6-9(7(2)15-12-6)10(14)13-4-3-8(11)5-13;/h8H,3-5,11H2,1-2H3;1H. The fraction of sp³-hybridized carbons (Fsp3) is 0.600. The molecule has 1 atom stereocenters. The number of amides is 1. The second kappa shape index (κ2) is 4.84. The maximum Gasteiger partial charge on any atom is 0.259 e. The number of nitrogens with zero attached hydrogens (tertiary/aromatic N) is 2. The smallest absolute Gasteiger partial charge is 0.259 e. The molecule has 1 aromatic heterocycles. The molecule has 90 valence electrons. The zero-order valence-electron chi connectivity index (χ0n) is 9.40. The van der Waals surface area contributed by atoms with E-state index >= 15 is 0 Å². The maximum atomic E-state index is 12.1. The van der Waals surface area contributed by atoms with Gasteiger partial charge >= 0.3 is 0 Å². The third-order valence-corrected chi connectivity index (χ3v) is 2.76. The number of likely N-dealkylation sites (tertiary alicyclic amines) is 1. The van der Waals surface area contributed by atoms with E-state index in [-0.39, 0.29) is 24.4 Å². The molecule has 0 saturated carbocycles. The van der Waals surface area contributed by atoms with Crippen LogP contribution in [0.4, 0.5) is 0 Å². The van der Waals surface area contributed by atoms with E-state index in [1.165, 1.54) is 0 Å². The van der Waals surface area contributed by atoms with Gasteiger partial charge in [-0.2, -0.15) is 0 Å². The molecular weight excluding hydrogens is 230 g/mol. The Balaban J connectivity index is 0.00000128. The summed E-state index contributed by atoms with van der Waals surface area (Å²) < 4.78 is 4.97. The van der Waals surface area contributed by atoms with Crippen molar-refractivity contribution in [3.8, 4) is 0 Å². The molecular formula is C10H16ClN3O2. The van der Waals surface area contributed by atoms with Gasteiger partial charge in [0.15, 0.2) is 0 Å². The third-order valence-electron chi connectivity index (χ3n) is 2.76. The van der Waals surface area contributed by atoms with Gasteiger partial charge in [-0.05, 0) is 20.3 Å². The first-order valence-electron chi connectivity index (χ1n) is 5.07. The van der Waals surface area contributed by atoms with E-state index in [0.717, 1.165) is 13.0 Å². The second-order valence-corrected chi connectivity index (χ2v) is 4.00. The van der Waals surface area contributed by atoms with Gasteiger partial charge in [0, 0.05) is 19.1 Å². The topological polar surface area (TPSA) is 72.4 Å². The lowest BCUT2D eigenvalue weighted by atomic mass is 10.2. The Morgan fingerprint density at radius 2 is 2.25 bits per heavy atom. The number of hydrogen-bond acceptors (Lipinski definition) is 4. The second-order valence-electron chi connectivity index (χ2n) is 4.00. The molecule has 1 aliphatic heterocycles. The summed E-state index contributed by atoms with van der Waals surface area (Å²) in [5, 5.41) is 3.77. The SMILES string of the molecule is Cc1noc(C)c1C(=O)N1CCC(N)C1.Cl. The first kappa shape index (κ1) is 13.0. The Labute approximate surface area is 100 Å². The average molecular weight is 246 g/mol. The van der Waals surface area contributed by atoms with Gasteiger partial charge in [-0.25, -0.2) is 0 Å². The van der Waals surface area contributed by atoms with Crippen molar-refractivity contribution < 1.29 is 9.32 Å². The monoisotopic (exact) mass is 245 g/mol. The molecule has 1 amide bonds. The van der Waals surface area contributed by atoms with E-state index in [2.05, 4.69) is 5.16 Å². The van der Waals surface area contributed by atoms with Crippen molar-refractivity contribution in [2.75, 3.05) is 13.1 Å². The van der Waals surface area contributed by atoms with Crippen LogP contribution in [0.2, 0.25) is 0 Å². The Hall–Kier alpha value is -1.07. The van der Waals surface area contributed by atoms with Crippen LogP contribution in [0.15, 0.2) is 4.52 Å². The zero-order chi connectivity index (χ0) is 11.0. The summed E-state index contributed by atoms with van der Waals surface area (Å²) in [7, 11) is 0. The van der Waals surface area contributed by atoms with Crippen LogP contribution < -0.4 is 5.73 Å². The largest absolute Gasteiger partial charge is 0.361 e. The minimum atomic E-state index is -0.0146. The van der Waals surface area contributed by atoms with Gasteiger partial charge in [-0.15, -0.1) is 12.4 Å². The van der Waals surface area contributed by atoms with Crippen molar-refractivity contribution in [1.29, 1.82) is 0 Å². The Bertz CT molecular complexity index is 372. The molecule has 2 heterocycles. The van der Waals surface area contributed by atoms with Crippen LogP contribution in [0.25, 0.3) is 0 Å². The number of carbonyl (C=O) groups is 1. The number of rotatable bonds is 1. The molecule has 1 saturated heterocycles. The Kier molecular flexibility index (Phi) is 3.93. The molecule has 0 bridgehead atoms. The lowest BCUT2D eigenvalue weighted by Crippen LogP contribution is -2.32. The highest BCUT2D eigenvalue weighted by Crippen LogP contribution is 2.18. The van der Waals surface area contributed by atoms with E-state index in [0.29, 0.717) is 23.6 Å². The Morgan fingerprint density at radius 1 is 1.56 bits per heavy atom. The fourth-order valence-electron chi connectivity index (χ4n) is 1.92. The first-order valence-corrected chi connectivity index (χ1v) is 5.07. The molecule has 5 nitrogen and oxygen atoms in total. The van der Waals surface area contributed by atoms with Crippen molar-refractivity contribution in [3.05, 3.63) is 17.0 Å². The summed E-state index contributed by atoms with van der Waals surface area (Å²) in [6.45, 7) is 4.88. The number of hydrogen-bond donors (Lipinski definition) is 1. The lowest BCUT2D eigenvalue weighted by molar-refractivity contribution is 0.0788. The van der Waals surface area contributed by atoms with E-state index in [4.69, 9.17) is 10.3 Å². The van der Waals surface area contributed by atoms with Gasteiger partial charge in [0.05, 0.1) is 5.69 Å². The highest BCUT2D eigenvalue weighted by molar-refractivity contribution is 5.96. The van der Waals surface area contributed by atoms with Crippen LogP contribution in [0.1, 0.15) is 28.2 Å². The molecule has 0 aromatic carbocycles. The summed E-state index contributed by atoms with van der Waals surface area (Å²) in [6.07, 6.45) is 0.870. The molecule has 16 heavy (non-hydrogen) atoms. The van der Waals surface area contributed by atoms with Gasteiger partial charge < -0.3 is 15.2 Å². The molecule has 0 radical (unpaired) electrons. The van der Waals surface area contributed by atoms with Crippen LogP contribution in [0, 0.1) is 13.8 Å². The number of carbonyl (C=O) groups excluding carboxylic acids is 1. The molecule has 0 spiro atoms. The van der Waals surface area contributed by atoms with E-state index in [1.807, 2.05) is 0 Å². The van der Waals surface area contributed by atoms with Gasteiger partial charge in [-0.3, -0.25) is 4.79 Å². The number of aryl methyl sites for hydroxylation is 2. The molecule has 1 aliphatic rings. The summed E-state index contributed by atoms with van der Waals surface area (Å²) in [5.41, 5.74) is 7.00. The summed E-state index contributed by atoms with van der Waals surface area (Å²) in [5.74, 6) is 0.567. The average Bonchev–Trinajstić information content (AvgIpc) is 2.73. The highest BCUT2D eigenvalue weighted by atomic mass is 35.5. The fourth-order valence-corrected chi connectivity index (χ4v) is 1.92. The normalized spacial score (nSPS) is 19.7. The van der Waals surface area contributed by atoms with E-state index in [1.54, 1.807) is 18.7 Å².